The molecule has 0 saturated heterocycles. The first-order chi connectivity index (χ1) is 11.6. The molecule has 0 spiro atoms. The Morgan fingerprint density at radius 3 is 2.50 bits per heavy atom. The van der Waals surface area contributed by atoms with Gasteiger partial charge in [0.1, 0.15) is 0 Å². The summed E-state index contributed by atoms with van der Waals surface area (Å²) in [4.78, 5) is 1.43. The lowest BCUT2D eigenvalue weighted by molar-refractivity contribution is 0.285. The minimum absolute atomic E-state index is 0.203. The zero-order chi connectivity index (χ0) is 17.0. The lowest BCUT2D eigenvalue weighted by Crippen LogP contribution is -2.48. The number of fused-ring (bicyclic) bond motifs is 1. The van der Waals surface area contributed by atoms with Crippen LogP contribution in [0.3, 0.4) is 0 Å². The minimum Gasteiger partial charge on any atom is -0.300 e. The zero-order valence-corrected chi connectivity index (χ0v) is 15.9. The van der Waals surface area contributed by atoms with E-state index in [0.29, 0.717) is 0 Å². The first-order valence-corrected chi connectivity index (χ1v) is 10.2. The van der Waals surface area contributed by atoms with Crippen LogP contribution in [0.15, 0.2) is 59.5 Å². The maximum absolute atomic E-state index is 4.09. The summed E-state index contributed by atoms with van der Waals surface area (Å²) in [6.07, 6.45) is 3.69. The molecule has 0 saturated carbocycles. The Morgan fingerprint density at radius 1 is 1.08 bits per heavy atom. The SMILES string of the molecule is CCC1(CCC(C)C)CSc2ccccc2C(c2ccccc2)N1. The lowest BCUT2D eigenvalue weighted by Gasteiger charge is -2.36. The molecule has 0 bridgehead atoms. The highest BCUT2D eigenvalue weighted by molar-refractivity contribution is 7.99. The van der Waals surface area contributed by atoms with E-state index in [1.807, 2.05) is 11.8 Å². The van der Waals surface area contributed by atoms with Crippen molar-refractivity contribution >= 4 is 11.8 Å². The van der Waals surface area contributed by atoms with Crippen LogP contribution in [0, 0.1) is 5.92 Å². The molecule has 24 heavy (non-hydrogen) atoms. The Morgan fingerprint density at radius 2 is 1.79 bits per heavy atom. The molecule has 2 aromatic carbocycles. The number of hydrogen-bond donors (Lipinski definition) is 1. The molecule has 1 N–H and O–H groups in total. The van der Waals surface area contributed by atoms with E-state index >= 15 is 0 Å². The summed E-state index contributed by atoms with van der Waals surface area (Å²) in [5.41, 5.74) is 3.00. The van der Waals surface area contributed by atoms with E-state index in [0.717, 1.165) is 11.7 Å². The number of thioether (sulfide) groups is 1. The van der Waals surface area contributed by atoms with Crippen molar-refractivity contribution < 1.29 is 0 Å². The molecular formula is C22H29NS. The number of rotatable bonds is 5. The summed E-state index contributed by atoms with van der Waals surface area (Å²) in [7, 11) is 0. The third-order valence-corrected chi connectivity index (χ3v) is 6.57. The van der Waals surface area contributed by atoms with E-state index in [1.165, 1.54) is 35.3 Å². The number of hydrogen-bond acceptors (Lipinski definition) is 2. The van der Waals surface area contributed by atoms with Gasteiger partial charge in [0.15, 0.2) is 0 Å². The molecule has 1 aliphatic rings. The van der Waals surface area contributed by atoms with Gasteiger partial charge in [0, 0.05) is 16.2 Å². The third kappa shape index (κ3) is 3.87. The van der Waals surface area contributed by atoms with E-state index in [1.54, 1.807) is 0 Å². The van der Waals surface area contributed by atoms with Crippen LogP contribution in [0.2, 0.25) is 0 Å². The molecule has 1 aliphatic heterocycles. The van der Waals surface area contributed by atoms with Gasteiger partial charge < -0.3 is 0 Å². The average Bonchev–Trinajstić information content (AvgIpc) is 2.79. The van der Waals surface area contributed by atoms with Crippen LogP contribution in [0.4, 0.5) is 0 Å². The molecule has 128 valence electrons. The van der Waals surface area contributed by atoms with Gasteiger partial charge in [-0.3, -0.25) is 5.32 Å². The molecule has 2 unspecified atom stereocenters. The second kappa shape index (κ2) is 7.76. The van der Waals surface area contributed by atoms with Crippen molar-refractivity contribution in [1.82, 2.24) is 5.32 Å². The number of nitrogens with one attached hydrogen (secondary N) is 1. The molecule has 0 radical (unpaired) electrons. The highest BCUT2D eigenvalue weighted by Gasteiger charge is 2.35. The molecule has 2 atom stereocenters. The normalized spacial score (nSPS) is 23.8. The van der Waals surface area contributed by atoms with Gasteiger partial charge >= 0.3 is 0 Å². The van der Waals surface area contributed by atoms with Crippen molar-refractivity contribution in [2.45, 2.75) is 56.5 Å². The fourth-order valence-corrected chi connectivity index (χ4v) is 4.88. The highest BCUT2D eigenvalue weighted by atomic mass is 32.2. The Balaban J connectivity index is 1.99. The predicted octanol–water partition coefficient (Wildman–Crippen LogP) is 6.06. The Bertz CT molecular complexity index is 652. The van der Waals surface area contributed by atoms with Crippen molar-refractivity contribution in [3.05, 3.63) is 65.7 Å². The monoisotopic (exact) mass is 339 g/mol. The predicted molar refractivity (Wildman–Crippen MR) is 106 cm³/mol. The summed E-state index contributed by atoms with van der Waals surface area (Å²) in [6.45, 7) is 7.00. The fourth-order valence-electron chi connectivity index (χ4n) is 3.49. The van der Waals surface area contributed by atoms with Crippen molar-refractivity contribution in [2.24, 2.45) is 5.92 Å². The average molecular weight is 340 g/mol. The van der Waals surface area contributed by atoms with Crippen molar-refractivity contribution in [2.75, 3.05) is 5.75 Å². The quantitative estimate of drug-likeness (QED) is 0.711. The van der Waals surface area contributed by atoms with Crippen LogP contribution in [-0.2, 0) is 0 Å². The minimum atomic E-state index is 0.203. The van der Waals surface area contributed by atoms with E-state index < -0.39 is 0 Å². The first-order valence-electron chi connectivity index (χ1n) is 9.18. The van der Waals surface area contributed by atoms with Gasteiger partial charge in [-0.25, -0.2) is 0 Å². The van der Waals surface area contributed by atoms with Gasteiger partial charge in [-0.2, -0.15) is 0 Å². The maximum Gasteiger partial charge on any atom is 0.0592 e. The van der Waals surface area contributed by atoms with E-state index in [2.05, 4.69) is 80.7 Å². The first kappa shape index (κ1) is 17.6. The molecule has 2 aromatic rings. The van der Waals surface area contributed by atoms with Crippen LogP contribution < -0.4 is 5.32 Å². The zero-order valence-electron chi connectivity index (χ0n) is 15.1. The van der Waals surface area contributed by atoms with Crippen LogP contribution in [0.1, 0.15) is 57.2 Å². The fraction of sp³-hybridized carbons (Fsp3) is 0.455. The van der Waals surface area contributed by atoms with Crippen LogP contribution in [-0.4, -0.2) is 11.3 Å². The van der Waals surface area contributed by atoms with Crippen molar-refractivity contribution in [1.29, 1.82) is 0 Å². The summed E-state index contributed by atoms with van der Waals surface area (Å²) in [5, 5.41) is 4.09. The molecule has 2 heteroatoms. The van der Waals surface area contributed by atoms with Gasteiger partial charge in [-0.1, -0.05) is 69.3 Å². The van der Waals surface area contributed by atoms with Gasteiger partial charge in [-0.15, -0.1) is 11.8 Å². The second-order valence-corrected chi connectivity index (χ2v) is 8.40. The summed E-state index contributed by atoms with van der Waals surface area (Å²) in [5.74, 6) is 1.90. The van der Waals surface area contributed by atoms with Gasteiger partial charge in [0.25, 0.3) is 0 Å². The van der Waals surface area contributed by atoms with Crippen molar-refractivity contribution in [3.63, 3.8) is 0 Å². The smallest absolute Gasteiger partial charge is 0.0592 e. The lowest BCUT2D eigenvalue weighted by atomic mass is 9.86. The molecule has 1 nitrogen and oxygen atoms in total. The summed E-state index contributed by atoms with van der Waals surface area (Å²) < 4.78 is 0. The Labute approximate surface area is 151 Å². The summed E-state index contributed by atoms with van der Waals surface area (Å²) >= 11 is 2.03. The molecule has 0 aliphatic carbocycles. The third-order valence-electron chi connectivity index (χ3n) is 5.19. The van der Waals surface area contributed by atoms with E-state index in [9.17, 15) is 0 Å². The summed E-state index contributed by atoms with van der Waals surface area (Å²) in [6, 6.07) is 20.1. The van der Waals surface area contributed by atoms with Gasteiger partial charge in [-0.05, 0) is 42.4 Å². The number of benzene rings is 2. The second-order valence-electron chi connectivity index (χ2n) is 7.38. The largest absolute Gasteiger partial charge is 0.300 e. The van der Waals surface area contributed by atoms with Crippen LogP contribution >= 0.6 is 11.8 Å². The molecular weight excluding hydrogens is 310 g/mol. The van der Waals surface area contributed by atoms with E-state index in [4.69, 9.17) is 0 Å². The van der Waals surface area contributed by atoms with Crippen LogP contribution in [0.5, 0.6) is 0 Å². The standard InChI is InChI=1S/C22H29NS/c1-4-22(15-14-17(2)3)16-24-20-13-9-8-12-19(20)21(23-22)18-10-6-5-7-11-18/h5-13,17,21,23H,4,14-16H2,1-3H3. The molecule has 3 rings (SSSR count). The van der Waals surface area contributed by atoms with Gasteiger partial charge in [0.05, 0.1) is 6.04 Å². The van der Waals surface area contributed by atoms with Gasteiger partial charge in [0.2, 0.25) is 0 Å². The Kier molecular flexibility index (Phi) is 5.68. The molecule has 0 fully saturated rings. The van der Waals surface area contributed by atoms with Crippen molar-refractivity contribution in [3.8, 4) is 0 Å². The van der Waals surface area contributed by atoms with E-state index in [-0.39, 0.29) is 11.6 Å². The molecule has 0 amide bonds. The topological polar surface area (TPSA) is 12.0 Å². The Hall–Kier alpha value is -1.25. The molecule has 1 heterocycles. The maximum atomic E-state index is 4.09. The highest BCUT2D eigenvalue weighted by Crippen LogP contribution is 2.40. The van der Waals surface area contributed by atoms with Crippen LogP contribution in [0.25, 0.3) is 0 Å². The molecule has 0 aromatic heterocycles.